The number of nitrogens with one attached hydrogen (secondary N) is 2. The SMILES string of the molecule is O=c1c(NCCc2ccccn2)c(Nc2ccc(Cl)cc2)c1=O. The van der Waals surface area contributed by atoms with Crippen LogP contribution in [0.15, 0.2) is 58.3 Å². The lowest BCUT2D eigenvalue weighted by molar-refractivity contribution is 0.958. The number of pyridine rings is 1. The van der Waals surface area contributed by atoms with E-state index in [2.05, 4.69) is 15.6 Å². The molecule has 0 amide bonds. The predicted octanol–water partition coefficient (Wildman–Crippen LogP) is 2.73. The molecule has 0 aliphatic carbocycles. The van der Waals surface area contributed by atoms with E-state index in [1.807, 2.05) is 18.2 Å². The van der Waals surface area contributed by atoms with Gasteiger partial charge in [-0.2, -0.15) is 0 Å². The van der Waals surface area contributed by atoms with Crippen LogP contribution in [0.25, 0.3) is 0 Å². The molecule has 0 spiro atoms. The monoisotopic (exact) mass is 327 g/mol. The molecule has 3 aromatic rings. The summed E-state index contributed by atoms with van der Waals surface area (Å²) < 4.78 is 0. The van der Waals surface area contributed by atoms with Crippen LogP contribution < -0.4 is 21.5 Å². The van der Waals surface area contributed by atoms with E-state index in [1.165, 1.54) is 0 Å². The fraction of sp³-hybridized carbons (Fsp3) is 0.118. The highest BCUT2D eigenvalue weighted by atomic mass is 35.5. The zero-order valence-electron chi connectivity index (χ0n) is 12.2. The third kappa shape index (κ3) is 3.40. The van der Waals surface area contributed by atoms with Crippen LogP contribution in [0.1, 0.15) is 5.69 Å². The zero-order chi connectivity index (χ0) is 16.2. The Kier molecular flexibility index (Phi) is 4.39. The van der Waals surface area contributed by atoms with Gasteiger partial charge in [-0.15, -0.1) is 0 Å². The standard InChI is InChI=1S/C17H14ClN3O2/c18-11-4-6-13(7-5-11)21-15-14(16(22)17(15)23)20-10-8-12-3-1-2-9-19-12/h1-7,9,20-21H,8,10H2. The van der Waals surface area contributed by atoms with Crippen LogP contribution >= 0.6 is 11.6 Å². The topological polar surface area (TPSA) is 71.1 Å². The lowest BCUT2D eigenvalue weighted by Crippen LogP contribution is -2.37. The minimum atomic E-state index is -0.514. The summed E-state index contributed by atoms with van der Waals surface area (Å²) in [5.41, 5.74) is 1.22. The van der Waals surface area contributed by atoms with Crippen molar-refractivity contribution in [1.29, 1.82) is 0 Å². The maximum atomic E-state index is 11.7. The van der Waals surface area contributed by atoms with Crippen molar-refractivity contribution in [3.8, 4) is 0 Å². The molecule has 23 heavy (non-hydrogen) atoms. The smallest absolute Gasteiger partial charge is 0.253 e. The highest BCUT2D eigenvalue weighted by Crippen LogP contribution is 2.22. The number of nitrogens with zero attached hydrogens (tertiary/aromatic N) is 1. The molecule has 0 unspecified atom stereocenters. The van der Waals surface area contributed by atoms with Gasteiger partial charge in [-0.05, 0) is 36.4 Å². The lowest BCUT2D eigenvalue weighted by atomic mass is 10.1. The molecule has 0 atom stereocenters. The van der Waals surface area contributed by atoms with Gasteiger partial charge in [-0.3, -0.25) is 14.6 Å². The van der Waals surface area contributed by atoms with Gasteiger partial charge in [0, 0.05) is 35.6 Å². The van der Waals surface area contributed by atoms with Crippen LogP contribution in [0.3, 0.4) is 0 Å². The summed E-state index contributed by atoms with van der Waals surface area (Å²) in [6.07, 6.45) is 2.39. The van der Waals surface area contributed by atoms with E-state index in [0.29, 0.717) is 35.1 Å². The Morgan fingerprint density at radius 2 is 1.70 bits per heavy atom. The van der Waals surface area contributed by atoms with Gasteiger partial charge in [0.05, 0.1) is 0 Å². The molecule has 0 radical (unpaired) electrons. The van der Waals surface area contributed by atoms with Gasteiger partial charge in [-0.1, -0.05) is 17.7 Å². The highest BCUT2D eigenvalue weighted by Gasteiger charge is 2.20. The number of aromatic nitrogens is 1. The van der Waals surface area contributed by atoms with E-state index in [9.17, 15) is 9.59 Å². The summed E-state index contributed by atoms with van der Waals surface area (Å²) in [5.74, 6) is 0. The first kappa shape index (κ1) is 15.2. The van der Waals surface area contributed by atoms with Gasteiger partial charge >= 0.3 is 0 Å². The van der Waals surface area contributed by atoms with Crippen molar-refractivity contribution in [2.24, 2.45) is 0 Å². The largest absolute Gasteiger partial charge is 0.380 e. The third-order valence-corrected chi connectivity index (χ3v) is 3.68. The Bertz CT molecular complexity index is 869. The van der Waals surface area contributed by atoms with Gasteiger partial charge in [0.15, 0.2) is 0 Å². The molecule has 6 heteroatoms. The molecule has 0 aliphatic rings. The second-order valence-electron chi connectivity index (χ2n) is 5.04. The van der Waals surface area contributed by atoms with Crippen molar-refractivity contribution in [1.82, 2.24) is 4.98 Å². The van der Waals surface area contributed by atoms with Crippen LogP contribution in [0.2, 0.25) is 5.02 Å². The molecule has 0 aliphatic heterocycles. The van der Waals surface area contributed by atoms with E-state index in [4.69, 9.17) is 11.6 Å². The molecule has 0 fully saturated rings. The number of hydrogen-bond acceptors (Lipinski definition) is 5. The first-order valence-corrected chi connectivity index (χ1v) is 7.52. The number of anilines is 3. The summed E-state index contributed by atoms with van der Waals surface area (Å²) >= 11 is 5.82. The zero-order valence-corrected chi connectivity index (χ0v) is 12.9. The average molecular weight is 328 g/mol. The maximum absolute atomic E-state index is 11.7. The van der Waals surface area contributed by atoms with E-state index in [1.54, 1.807) is 30.5 Å². The molecule has 2 N–H and O–H groups in total. The molecule has 2 aromatic carbocycles. The summed E-state index contributed by atoms with van der Waals surface area (Å²) in [7, 11) is 0. The molecule has 5 nitrogen and oxygen atoms in total. The van der Waals surface area contributed by atoms with Gasteiger partial charge in [-0.25, -0.2) is 0 Å². The molecule has 116 valence electrons. The van der Waals surface area contributed by atoms with Crippen LogP contribution in [0.4, 0.5) is 17.1 Å². The van der Waals surface area contributed by atoms with Crippen molar-refractivity contribution < 1.29 is 0 Å². The molecule has 3 rings (SSSR count). The Morgan fingerprint density at radius 1 is 0.957 bits per heavy atom. The first-order valence-electron chi connectivity index (χ1n) is 7.15. The lowest BCUT2D eigenvalue weighted by Gasteiger charge is -2.14. The average Bonchev–Trinajstić information content (AvgIpc) is 2.59. The van der Waals surface area contributed by atoms with Crippen molar-refractivity contribution >= 4 is 28.7 Å². The predicted molar refractivity (Wildman–Crippen MR) is 92.5 cm³/mol. The van der Waals surface area contributed by atoms with Crippen LogP contribution in [-0.4, -0.2) is 11.5 Å². The molecular weight excluding hydrogens is 314 g/mol. The van der Waals surface area contributed by atoms with Gasteiger partial charge in [0.25, 0.3) is 10.9 Å². The summed E-state index contributed by atoms with van der Waals surface area (Å²) in [4.78, 5) is 27.7. The Hall–Kier alpha value is -2.66. The second kappa shape index (κ2) is 6.62. The Balaban J connectivity index is 1.66. The molecule has 1 heterocycles. The van der Waals surface area contributed by atoms with Crippen molar-refractivity contribution in [3.63, 3.8) is 0 Å². The molecular formula is C17H14ClN3O2. The number of rotatable bonds is 6. The van der Waals surface area contributed by atoms with Gasteiger partial charge in [0.1, 0.15) is 11.4 Å². The van der Waals surface area contributed by atoms with Crippen LogP contribution in [-0.2, 0) is 6.42 Å². The van der Waals surface area contributed by atoms with Crippen molar-refractivity contribution in [2.75, 3.05) is 17.2 Å². The number of hydrogen-bond donors (Lipinski definition) is 2. The second-order valence-corrected chi connectivity index (χ2v) is 5.47. The normalized spacial score (nSPS) is 10.7. The number of benzene rings is 1. The quantitative estimate of drug-likeness (QED) is 0.681. The molecule has 0 saturated heterocycles. The minimum absolute atomic E-state index is 0.290. The molecule has 0 bridgehead atoms. The summed E-state index contributed by atoms with van der Waals surface area (Å²) in [6, 6.07) is 12.6. The van der Waals surface area contributed by atoms with E-state index < -0.39 is 10.9 Å². The highest BCUT2D eigenvalue weighted by molar-refractivity contribution is 6.30. The van der Waals surface area contributed by atoms with Gasteiger partial charge in [0.2, 0.25) is 0 Å². The van der Waals surface area contributed by atoms with Crippen molar-refractivity contribution in [3.05, 3.63) is 79.8 Å². The van der Waals surface area contributed by atoms with Gasteiger partial charge < -0.3 is 10.6 Å². The van der Waals surface area contributed by atoms with Crippen LogP contribution in [0.5, 0.6) is 0 Å². The summed E-state index contributed by atoms with van der Waals surface area (Å²) in [6.45, 7) is 0.525. The number of halogens is 1. The maximum Gasteiger partial charge on any atom is 0.253 e. The Morgan fingerprint density at radius 3 is 2.39 bits per heavy atom. The third-order valence-electron chi connectivity index (χ3n) is 3.43. The van der Waals surface area contributed by atoms with Crippen LogP contribution in [0, 0.1) is 0 Å². The van der Waals surface area contributed by atoms with Crippen molar-refractivity contribution in [2.45, 2.75) is 6.42 Å². The molecule has 1 aromatic heterocycles. The fourth-order valence-corrected chi connectivity index (χ4v) is 2.34. The fourth-order valence-electron chi connectivity index (χ4n) is 2.22. The van der Waals surface area contributed by atoms with E-state index in [0.717, 1.165) is 5.69 Å². The van der Waals surface area contributed by atoms with E-state index in [-0.39, 0.29) is 0 Å². The first-order chi connectivity index (χ1) is 11.1. The molecule has 0 saturated carbocycles. The minimum Gasteiger partial charge on any atom is -0.380 e. The Labute approximate surface area is 137 Å². The summed E-state index contributed by atoms with van der Waals surface area (Å²) in [5, 5.41) is 6.57. The van der Waals surface area contributed by atoms with E-state index >= 15 is 0 Å².